The summed E-state index contributed by atoms with van der Waals surface area (Å²) in [6, 6.07) is 0. The van der Waals surface area contributed by atoms with Crippen LogP contribution in [-0.2, 0) is 14.2 Å². The molecule has 0 heterocycles. The van der Waals surface area contributed by atoms with Crippen LogP contribution in [0.5, 0.6) is 0 Å². The average molecular weight is 206 g/mol. The van der Waals surface area contributed by atoms with Crippen LogP contribution >= 0.6 is 0 Å². The molecule has 0 aliphatic carbocycles. The van der Waals surface area contributed by atoms with Gasteiger partial charge in [0.15, 0.2) is 0 Å². The van der Waals surface area contributed by atoms with Crippen molar-refractivity contribution in [1.29, 1.82) is 0 Å². The van der Waals surface area contributed by atoms with Gasteiger partial charge in [-0.05, 0) is 6.42 Å². The van der Waals surface area contributed by atoms with Gasteiger partial charge in [-0.15, -0.1) is 0 Å². The second-order valence-electron chi connectivity index (χ2n) is 2.98. The average Bonchev–Trinajstić information content (AvgIpc) is 2.21. The van der Waals surface area contributed by atoms with Crippen molar-refractivity contribution < 1.29 is 19.3 Å². The van der Waals surface area contributed by atoms with Crippen molar-refractivity contribution in [3.05, 3.63) is 0 Å². The number of ether oxygens (including phenoxy) is 3. The van der Waals surface area contributed by atoms with Gasteiger partial charge in [-0.25, -0.2) is 0 Å². The van der Waals surface area contributed by atoms with Crippen LogP contribution in [0.2, 0.25) is 0 Å². The third kappa shape index (κ3) is 11.8. The van der Waals surface area contributed by atoms with Gasteiger partial charge in [-0.3, -0.25) is 0 Å². The summed E-state index contributed by atoms with van der Waals surface area (Å²) in [6.45, 7) is 4.74. The summed E-state index contributed by atoms with van der Waals surface area (Å²) < 4.78 is 15.3. The Kier molecular flexibility index (Phi) is 12.7. The van der Waals surface area contributed by atoms with Crippen LogP contribution in [0.25, 0.3) is 0 Å². The standard InChI is InChI=1S/C10H22O4/c1-2-3-4-6-13-10-14-9-8-12-7-5-11/h11H,2-10H2,1H3. The molecule has 4 nitrogen and oxygen atoms in total. The lowest BCUT2D eigenvalue weighted by Crippen LogP contribution is -2.09. The van der Waals surface area contributed by atoms with E-state index in [0.29, 0.717) is 26.6 Å². The fraction of sp³-hybridized carbons (Fsp3) is 1.00. The monoisotopic (exact) mass is 206 g/mol. The second kappa shape index (κ2) is 12.8. The third-order valence-corrected chi connectivity index (χ3v) is 1.67. The first-order valence-electron chi connectivity index (χ1n) is 5.26. The Morgan fingerprint density at radius 1 is 0.857 bits per heavy atom. The molecule has 0 saturated carbocycles. The van der Waals surface area contributed by atoms with Gasteiger partial charge in [0.05, 0.1) is 26.4 Å². The summed E-state index contributed by atoms with van der Waals surface area (Å²) in [5.41, 5.74) is 0. The summed E-state index contributed by atoms with van der Waals surface area (Å²) >= 11 is 0. The van der Waals surface area contributed by atoms with Crippen molar-refractivity contribution in [2.75, 3.05) is 39.8 Å². The van der Waals surface area contributed by atoms with E-state index >= 15 is 0 Å². The molecule has 0 bridgehead atoms. The van der Waals surface area contributed by atoms with E-state index in [0.717, 1.165) is 13.0 Å². The van der Waals surface area contributed by atoms with Gasteiger partial charge in [-0.2, -0.15) is 0 Å². The van der Waals surface area contributed by atoms with Crippen LogP contribution < -0.4 is 0 Å². The maximum atomic E-state index is 8.40. The topological polar surface area (TPSA) is 47.9 Å². The maximum Gasteiger partial charge on any atom is 0.146 e. The molecule has 0 unspecified atom stereocenters. The van der Waals surface area contributed by atoms with E-state index in [-0.39, 0.29) is 6.61 Å². The fourth-order valence-corrected chi connectivity index (χ4v) is 0.915. The van der Waals surface area contributed by atoms with Crippen LogP contribution in [-0.4, -0.2) is 44.9 Å². The number of hydrogen-bond donors (Lipinski definition) is 1. The number of hydrogen-bond acceptors (Lipinski definition) is 4. The lowest BCUT2D eigenvalue weighted by Gasteiger charge is -2.05. The molecule has 0 saturated heterocycles. The maximum absolute atomic E-state index is 8.40. The smallest absolute Gasteiger partial charge is 0.146 e. The first kappa shape index (κ1) is 13.8. The lowest BCUT2D eigenvalue weighted by molar-refractivity contribution is -0.0714. The second-order valence-corrected chi connectivity index (χ2v) is 2.98. The highest BCUT2D eigenvalue weighted by Crippen LogP contribution is 1.93. The summed E-state index contributed by atoms with van der Waals surface area (Å²) in [6.07, 6.45) is 3.51. The molecule has 14 heavy (non-hydrogen) atoms. The molecule has 1 N–H and O–H groups in total. The van der Waals surface area contributed by atoms with E-state index in [1.165, 1.54) is 12.8 Å². The zero-order chi connectivity index (χ0) is 10.5. The zero-order valence-corrected chi connectivity index (χ0v) is 9.04. The van der Waals surface area contributed by atoms with Crippen molar-refractivity contribution in [2.24, 2.45) is 0 Å². The van der Waals surface area contributed by atoms with Gasteiger partial charge in [0.2, 0.25) is 0 Å². The minimum absolute atomic E-state index is 0.0630. The molecular formula is C10H22O4. The zero-order valence-electron chi connectivity index (χ0n) is 9.04. The summed E-state index contributed by atoms with van der Waals surface area (Å²) in [4.78, 5) is 0. The van der Waals surface area contributed by atoms with Crippen LogP contribution in [0.1, 0.15) is 26.2 Å². The molecule has 0 radical (unpaired) electrons. The normalized spacial score (nSPS) is 10.7. The third-order valence-electron chi connectivity index (χ3n) is 1.67. The van der Waals surface area contributed by atoms with Crippen molar-refractivity contribution in [3.8, 4) is 0 Å². The number of aliphatic hydroxyl groups excluding tert-OH is 1. The molecule has 0 aliphatic heterocycles. The first-order chi connectivity index (χ1) is 6.91. The summed E-state index contributed by atoms with van der Waals surface area (Å²) in [5.74, 6) is 0. The predicted octanol–water partition coefficient (Wildman–Crippen LogP) is 1.18. The number of aliphatic hydroxyl groups is 1. The molecule has 4 heteroatoms. The molecule has 0 spiro atoms. The van der Waals surface area contributed by atoms with E-state index in [2.05, 4.69) is 6.92 Å². The van der Waals surface area contributed by atoms with E-state index in [1.54, 1.807) is 0 Å². The molecule has 0 fully saturated rings. The Balaban J connectivity index is 2.78. The van der Waals surface area contributed by atoms with Crippen molar-refractivity contribution in [2.45, 2.75) is 26.2 Å². The van der Waals surface area contributed by atoms with E-state index in [1.807, 2.05) is 0 Å². The highest BCUT2D eigenvalue weighted by molar-refractivity contribution is 4.34. The van der Waals surface area contributed by atoms with E-state index < -0.39 is 0 Å². The predicted molar refractivity (Wildman–Crippen MR) is 54.2 cm³/mol. The Morgan fingerprint density at radius 3 is 2.29 bits per heavy atom. The molecule has 0 atom stereocenters. The minimum Gasteiger partial charge on any atom is -0.394 e. The van der Waals surface area contributed by atoms with E-state index in [9.17, 15) is 0 Å². The molecule has 0 aromatic heterocycles. The Bertz CT molecular complexity index is 86.1. The van der Waals surface area contributed by atoms with Gasteiger partial charge in [0, 0.05) is 6.61 Å². The SMILES string of the molecule is CCCCCOCOCCOCCO. The Morgan fingerprint density at radius 2 is 1.57 bits per heavy atom. The van der Waals surface area contributed by atoms with Crippen molar-refractivity contribution in [3.63, 3.8) is 0 Å². The fourth-order valence-electron chi connectivity index (χ4n) is 0.915. The Hall–Kier alpha value is -0.160. The van der Waals surface area contributed by atoms with Gasteiger partial charge >= 0.3 is 0 Å². The van der Waals surface area contributed by atoms with Crippen LogP contribution in [0, 0.1) is 0 Å². The van der Waals surface area contributed by atoms with Gasteiger partial charge in [-0.1, -0.05) is 19.8 Å². The Labute approximate surface area is 86.2 Å². The van der Waals surface area contributed by atoms with E-state index in [4.69, 9.17) is 19.3 Å². The summed E-state index contributed by atoms with van der Waals surface area (Å²) in [5, 5.41) is 8.40. The molecule has 86 valence electrons. The largest absolute Gasteiger partial charge is 0.394 e. The minimum atomic E-state index is 0.0630. The quantitative estimate of drug-likeness (QED) is 0.407. The molecule has 0 aromatic rings. The van der Waals surface area contributed by atoms with Crippen molar-refractivity contribution in [1.82, 2.24) is 0 Å². The highest BCUT2D eigenvalue weighted by atomic mass is 16.7. The van der Waals surface area contributed by atoms with Crippen LogP contribution in [0.4, 0.5) is 0 Å². The molecular weight excluding hydrogens is 184 g/mol. The molecule has 0 aromatic carbocycles. The lowest BCUT2D eigenvalue weighted by atomic mass is 10.3. The van der Waals surface area contributed by atoms with Crippen LogP contribution in [0.3, 0.4) is 0 Å². The van der Waals surface area contributed by atoms with Gasteiger partial charge < -0.3 is 19.3 Å². The van der Waals surface area contributed by atoms with Crippen LogP contribution in [0.15, 0.2) is 0 Å². The van der Waals surface area contributed by atoms with Gasteiger partial charge in [0.25, 0.3) is 0 Å². The number of unbranched alkanes of at least 4 members (excludes halogenated alkanes) is 2. The van der Waals surface area contributed by atoms with Crippen molar-refractivity contribution >= 4 is 0 Å². The molecule has 0 amide bonds. The summed E-state index contributed by atoms with van der Waals surface area (Å²) in [7, 11) is 0. The molecule has 0 aliphatic rings. The highest BCUT2D eigenvalue weighted by Gasteiger charge is 1.90. The number of rotatable bonds is 11. The van der Waals surface area contributed by atoms with Gasteiger partial charge in [0.1, 0.15) is 6.79 Å². The molecule has 0 rings (SSSR count). The first-order valence-corrected chi connectivity index (χ1v) is 5.26.